The number of carboxylic acids is 1. The first kappa shape index (κ1) is 13.0. The first-order valence-corrected chi connectivity index (χ1v) is 5.76. The Hall–Kier alpha value is -2.43. The minimum absolute atomic E-state index is 0.00439. The zero-order valence-corrected chi connectivity index (χ0v) is 10.4. The predicted octanol–water partition coefficient (Wildman–Crippen LogP) is 2.84. The van der Waals surface area contributed by atoms with Crippen molar-refractivity contribution >= 4 is 11.7 Å². The molecule has 0 aliphatic rings. The Labute approximate surface area is 109 Å². The van der Waals surface area contributed by atoms with Crippen molar-refractivity contribution in [2.75, 3.05) is 5.32 Å². The standard InChI is InChI=1S/C14H13FN2O2/c1-9-11(15)5-3-6-12(9)16-8-10-4-2-7-13(17-10)14(18)19/h2-7,16H,8H2,1H3,(H,18,19). The molecule has 0 spiro atoms. The number of aromatic nitrogens is 1. The molecule has 0 atom stereocenters. The lowest BCUT2D eigenvalue weighted by Gasteiger charge is -2.09. The number of hydrogen-bond acceptors (Lipinski definition) is 3. The SMILES string of the molecule is Cc1c(F)cccc1NCc1cccc(C(=O)O)n1. The summed E-state index contributed by atoms with van der Waals surface area (Å²) >= 11 is 0. The van der Waals surface area contributed by atoms with Crippen LogP contribution in [0.15, 0.2) is 36.4 Å². The molecule has 5 heteroatoms. The normalized spacial score (nSPS) is 10.2. The smallest absolute Gasteiger partial charge is 0.354 e. The van der Waals surface area contributed by atoms with Gasteiger partial charge in [-0.15, -0.1) is 0 Å². The van der Waals surface area contributed by atoms with Crippen LogP contribution in [0.5, 0.6) is 0 Å². The molecule has 0 bridgehead atoms. The highest BCUT2D eigenvalue weighted by atomic mass is 19.1. The number of hydrogen-bond donors (Lipinski definition) is 2. The summed E-state index contributed by atoms with van der Waals surface area (Å²) in [5.74, 6) is -1.35. The van der Waals surface area contributed by atoms with Crippen molar-refractivity contribution in [2.24, 2.45) is 0 Å². The maximum Gasteiger partial charge on any atom is 0.354 e. The van der Waals surface area contributed by atoms with Crippen LogP contribution in [0.2, 0.25) is 0 Å². The van der Waals surface area contributed by atoms with Crippen molar-refractivity contribution in [3.05, 3.63) is 59.2 Å². The second-order valence-electron chi connectivity index (χ2n) is 4.09. The Bertz CT molecular complexity index is 614. The number of halogens is 1. The first-order valence-electron chi connectivity index (χ1n) is 5.76. The third kappa shape index (κ3) is 3.07. The molecule has 2 N–H and O–H groups in total. The van der Waals surface area contributed by atoms with Gasteiger partial charge in [0.2, 0.25) is 0 Å². The van der Waals surface area contributed by atoms with Crippen molar-refractivity contribution in [3.8, 4) is 0 Å². The Balaban J connectivity index is 2.12. The second kappa shape index (κ2) is 5.48. The first-order chi connectivity index (χ1) is 9.08. The van der Waals surface area contributed by atoms with Crippen molar-refractivity contribution in [3.63, 3.8) is 0 Å². The number of benzene rings is 1. The number of aromatic carboxylic acids is 1. The number of nitrogens with one attached hydrogen (secondary N) is 1. The van der Waals surface area contributed by atoms with Crippen LogP contribution in [0.25, 0.3) is 0 Å². The molecule has 0 amide bonds. The van der Waals surface area contributed by atoms with E-state index in [4.69, 9.17) is 5.11 Å². The van der Waals surface area contributed by atoms with E-state index >= 15 is 0 Å². The molecule has 0 unspecified atom stereocenters. The zero-order chi connectivity index (χ0) is 13.8. The van der Waals surface area contributed by atoms with Crippen LogP contribution in [-0.2, 0) is 6.54 Å². The fourth-order valence-corrected chi connectivity index (χ4v) is 1.68. The van der Waals surface area contributed by atoms with Gasteiger partial charge in [-0.3, -0.25) is 0 Å². The summed E-state index contributed by atoms with van der Waals surface area (Å²) in [5, 5.41) is 11.9. The average molecular weight is 260 g/mol. The van der Waals surface area contributed by atoms with Crippen molar-refractivity contribution < 1.29 is 14.3 Å². The molecule has 4 nitrogen and oxygen atoms in total. The highest BCUT2D eigenvalue weighted by Gasteiger charge is 2.06. The average Bonchev–Trinajstić information content (AvgIpc) is 2.41. The van der Waals surface area contributed by atoms with E-state index < -0.39 is 5.97 Å². The summed E-state index contributed by atoms with van der Waals surface area (Å²) in [7, 11) is 0. The van der Waals surface area contributed by atoms with Gasteiger partial charge in [0, 0.05) is 11.3 Å². The molecule has 0 aliphatic heterocycles. The molecule has 98 valence electrons. The predicted molar refractivity (Wildman–Crippen MR) is 69.7 cm³/mol. The summed E-state index contributed by atoms with van der Waals surface area (Å²) in [6.07, 6.45) is 0. The number of nitrogens with zero attached hydrogens (tertiary/aromatic N) is 1. The molecule has 0 aliphatic carbocycles. The van der Waals surface area contributed by atoms with Gasteiger partial charge in [0.15, 0.2) is 0 Å². The monoisotopic (exact) mass is 260 g/mol. The van der Waals surface area contributed by atoms with Gasteiger partial charge in [0.05, 0.1) is 12.2 Å². The maximum atomic E-state index is 13.3. The van der Waals surface area contributed by atoms with Crippen LogP contribution in [0.4, 0.5) is 10.1 Å². The number of carbonyl (C=O) groups is 1. The van der Waals surface area contributed by atoms with Crippen molar-refractivity contribution in [1.29, 1.82) is 0 Å². The molecule has 0 saturated heterocycles. The van der Waals surface area contributed by atoms with E-state index in [1.54, 1.807) is 31.2 Å². The van der Waals surface area contributed by atoms with Crippen LogP contribution in [-0.4, -0.2) is 16.1 Å². The Morgan fingerprint density at radius 1 is 1.32 bits per heavy atom. The minimum atomic E-state index is -1.07. The van der Waals surface area contributed by atoms with E-state index in [1.807, 2.05) is 0 Å². The van der Waals surface area contributed by atoms with Crippen molar-refractivity contribution in [2.45, 2.75) is 13.5 Å². The van der Waals surface area contributed by atoms with Gasteiger partial charge in [-0.1, -0.05) is 12.1 Å². The quantitative estimate of drug-likeness (QED) is 0.887. The molecule has 0 fully saturated rings. The fourth-order valence-electron chi connectivity index (χ4n) is 1.68. The highest BCUT2D eigenvalue weighted by Crippen LogP contribution is 2.18. The van der Waals surface area contributed by atoms with Gasteiger partial charge in [0.1, 0.15) is 11.5 Å². The minimum Gasteiger partial charge on any atom is -0.477 e. The number of carboxylic acid groups (broad SMARTS) is 1. The lowest BCUT2D eigenvalue weighted by molar-refractivity contribution is 0.0690. The van der Waals surface area contributed by atoms with E-state index in [0.29, 0.717) is 23.5 Å². The molecule has 0 radical (unpaired) electrons. The molecule has 1 aromatic carbocycles. The molecular weight excluding hydrogens is 247 g/mol. The highest BCUT2D eigenvalue weighted by molar-refractivity contribution is 5.85. The molecule has 1 heterocycles. The summed E-state index contributed by atoms with van der Waals surface area (Å²) in [6.45, 7) is 2.02. The van der Waals surface area contributed by atoms with Crippen LogP contribution >= 0.6 is 0 Å². The summed E-state index contributed by atoms with van der Waals surface area (Å²) < 4.78 is 13.3. The third-order valence-corrected chi connectivity index (χ3v) is 2.75. The zero-order valence-electron chi connectivity index (χ0n) is 10.4. The molecular formula is C14H13FN2O2. The second-order valence-corrected chi connectivity index (χ2v) is 4.09. The van der Waals surface area contributed by atoms with Crippen LogP contribution in [0, 0.1) is 12.7 Å². The third-order valence-electron chi connectivity index (χ3n) is 2.75. The molecule has 1 aromatic heterocycles. The van der Waals surface area contributed by atoms with E-state index in [2.05, 4.69) is 10.3 Å². The lowest BCUT2D eigenvalue weighted by atomic mass is 10.2. The maximum absolute atomic E-state index is 13.3. The van der Waals surface area contributed by atoms with Crippen LogP contribution in [0.1, 0.15) is 21.7 Å². The van der Waals surface area contributed by atoms with Gasteiger partial charge >= 0.3 is 5.97 Å². The van der Waals surface area contributed by atoms with E-state index in [-0.39, 0.29) is 11.5 Å². The number of pyridine rings is 1. The Kier molecular flexibility index (Phi) is 3.75. The van der Waals surface area contributed by atoms with Gasteiger partial charge < -0.3 is 10.4 Å². The van der Waals surface area contributed by atoms with Gasteiger partial charge in [-0.25, -0.2) is 14.2 Å². The van der Waals surface area contributed by atoms with E-state index in [0.717, 1.165) is 0 Å². The summed E-state index contributed by atoms with van der Waals surface area (Å²) in [6, 6.07) is 9.55. The summed E-state index contributed by atoms with van der Waals surface area (Å²) in [5.41, 5.74) is 1.78. The Morgan fingerprint density at radius 3 is 2.79 bits per heavy atom. The van der Waals surface area contributed by atoms with Gasteiger partial charge in [-0.05, 0) is 31.2 Å². The molecule has 2 rings (SSSR count). The van der Waals surface area contributed by atoms with Crippen LogP contribution < -0.4 is 5.32 Å². The van der Waals surface area contributed by atoms with E-state index in [1.165, 1.54) is 12.1 Å². The topological polar surface area (TPSA) is 62.2 Å². The molecule has 19 heavy (non-hydrogen) atoms. The molecule has 2 aromatic rings. The Morgan fingerprint density at radius 2 is 2.05 bits per heavy atom. The summed E-state index contributed by atoms with van der Waals surface area (Å²) in [4.78, 5) is 14.8. The van der Waals surface area contributed by atoms with Gasteiger partial charge in [-0.2, -0.15) is 0 Å². The number of rotatable bonds is 4. The van der Waals surface area contributed by atoms with Crippen molar-refractivity contribution in [1.82, 2.24) is 4.98 Å². The molecule has 0 saturated carbocycles. The van der Waals surface area contributed by atoms with E-state index in [9.17, 15) is 9.18 Å². The largest absolute Gasteiger partial charge is 0.477 e. The fraction of sp³-hybridized carbons (Fsp3) is 0.143. The van der Waals surface area contributed by atoms with Crippen LogP contribution in [0.3, 0.4) is 0 Å². The van der Waals surface area contributed by atoms with Gasteiger partial charge in [0.25, 0.3) is 0 Å². The number of anilines is 1. The lowest BCUT2D eigenvalue weighted by Crippen LogP contribution is -2.07.